The number of para-hydroxylation sites is 1. The summed E-state index contributed by atoms with van der Waals surface area (Å²) in [6.45, 7) is 7.51. The number of alkyl halides is 3. The lowest BCUT2D eigenvalue weighted by Gasteiger charge is -2.39. The van der Waals surface area contributed by atoms with E-state index in [2.05, 4.69) is 28.8 Å². The molecule has 3 nitrogen and oxygen atoms in total. The van der Waals surface area contributed by atoms with Crippen molar-refractivity contribution in [2.24, 2.45) is 5.92 Å². The molecule has 1 unspecified atom stereocenters. The molecule has 1 aliphatic rings. The molecule has 2 atom stereocenters. The lowest BCUT2D eigenvalue weighted by Crippen LogP contribution is -2.46. The molecule has 1 heterocycles. The monoisotopic (exact) mass is 316 g/mol. The molecule has 1 fully saturated rings. The molecule has 0 spiro atoms. The molecule has 22 heavy (non-hydrogen) atoms. The van der Waals surface area contributed by atoms with E-state index in [1.54, 1.807) is 18.2 Å². The molecule has 2 rings (SSSR count). The Morgan fingerprint density at radius 3 is 2.45 bits per heavy atom. The summed E-state index contributed by atoms with van der Waals surface area (Å²) < 4.78 is 42.2. The van der Waals surface area contributed by atoms with Gasteiger partial charge in [-0.05, 0) is 12.0 Å². The fraction of sp³-hybridized carbons (Fsp3) is 0.625. The summed E-state index contributed by atoms with van der Waals surface area (Å²) in [5, 5.41) is 3.28. The summed E-state index contributed by atoms with van der Waals surface area (Å²) in [5.74, 6) is 0.162. The summed E-state index contributed by atoms with van der Waals surface area (Å²) in [4.78, 5) is 2.25. The van der Waals surface area contributed by atoms with Crippen LogP contribution in [0.15, 0.2) is 24.3 Å². The molecule has 0 bridgehead atoms. The summed E-state index contributed by atoms with van der Waals surface area (Å²) in [7, 11) is 0. The van der Waals surface area contributed by atoms with Gasteiger partial charge in [-0.1, -0.05) is 38.5 Å². The highest BCUT2D eigenvalue weighted by atomic mass is 19.4. The third-order valence-corrected chi connectivity index (χ3v) is 4.19. The van der Waals surface area contributed by atoms with Gasteiger partial charge >= 0.3 is 6.36 Å². The van der Waals surface area contributed by atoms with Gasteiger partial charge in [-0.2, -0.15) is 0 Å². The van der Waals surface area contributed by atoms with Crippen molar-refractivity contribution in [1.29, 1.82) is 0 Å². The van der Waals surface area contributed by atoms with E-state index >= 15 is 0 Å². The van der Waals surface area contributed by atoms with Crippen LogP contribution in [0.3, 0.4) is 0 Å². The van der Waals surface area contributed by atoms with Gasteiger partial charge < -0.3 is 10.1 Å². The van der Waals surface area contributed by atoms with Crippen LogP contribution in [0.2, 0.25) is 0 Å². The van der Waals surface area contributed by atoms with Gasteiger partial charge in [0.2, 0.25) is 0 Å². The Kier molecular flexibility index (Phi) is 5.69. The number of hydrogen-bond donors (Lipinski definition) is 1. The van der Waals surface area contributed by atoms with Crippen LogP contribution in [0.25, 0.3) is 0 Å². The van der Waals surface area contributed by atoms with E-state index in [-0.39, 0.29) is 17.7 Å². The van der Waals surface area contributed by atoms with Crippen LogP contribution < -0.4 is 10.1 Å². The number of piperazine rings is 1. The molecule has 0 aliphatic carbocycles. The van der Waals surface area contributed by atoms with E-state index in [9.17, 15) is 13.2 Å². The van der Waals surface area contributed by atoms with Crippen LogP contribution in [0.1, 0.15) is 31.9 Å². The Balaban J connectivity index is 2.34. The first-order chi connectivity index (χ1) is 10.4. The Hall–Kier alpha value is -1.27. The van der Waals surface area contributed by atoms with Gasteiger partial charge in [0, 0.05) is 37.8 Å². The number of halogens is 3. The van der Waals surface area contributed by atoms with E-state index in [0.29, 0.717) is 5.56 Å². The normalized spacial score (nSPS) is 19.7. The highest BCUT2D eigenvalue weighted by Gasteiger charge is 2.35. The summed E-state index contributed by atoms with van der Waals surface area (Å²) in [5.41, 5.74) is 0.621. The van der Waals surface area contributed by atoms with Crippen molar-refractivity contribution in [3.05, 3.63) is 29.8 Å². The van der Waals surface area contributed by atoms with Crippen molar-refractivity contribution < 1.29 is 17.9 Å². The first-order valence-electron chi connectivity index (χ1n) is 7.72. The fourth-order valence-corrected chi connectivity index (χ4v) is 2.99. The smallest absolute Gasteiger partial charge is 0.405 e. The first-order valence-corrected chi connectivity index (χ1v) is 7.72. The van der Waals surface area contributed by atoms with Crippen molar-refractivity contribution in [1.82, 2.24) is 10.2 Å². The maximum atomic E-state index is 12.7. The van der Waals surface area contributed by atoms with Crippen LogP contribution in [0.4, 0.5) is 13.2 Å². The molecular formula is C16H23F3N2O. The number of ether oxygens (including phenoxy) is 1. The van der Waals surface area contributed by atoms with E-state index in [4.69, 9.17) is 0 Å². The van der Waals surface area contributed by atoms with Crippen molar-refractivity contribution in [3.8, 4) is 5.75 Å². The average Bonchev–Trinajstić information content (AvgIpc) is 2.48. The van der Waals surface area contributed by atoms with Gasteiger partial charge in [0.05, 0.1) is 0 Å². The van der Waals surface area contributed by atoms with Crippen LogP contribution in [-0.2, 0) is 0 Å². The Bertz CT molecular complexity index is 473. The average molecular weight is 316 g/mol. The van der Waals surface area contributed by atoms with E-state index in [0.717, 1.165) is 32.6 Å². The van der Waals surface area contributed by atoms with Crippen molar-refractivity contribution in [2.75, 3.05) is 26.2 Å². The van der Waals surface area contributed by atoms with Gasteiger partial charge in [-0.15, -0.1) is 13.2 Å². The zero-order valence-corrected chi connectivity index (χ0v) is 13.0. The molecule has 1 aromatic rings. The second kappa shape index (κ2) is 7.33. The topological polar surface area (TPSA) is 24.5 Å². The molecule has 1 N–H and O–H groups in total. The van der Waals surface area contributed by atoms with Crippen LogP contribution in [0.5, 0.6) is 5.75 Å². The fourth-order valence-electron chi connectivity index (χ4n) is 2.99. The lowest BCUT2D eigenvalue weighted by molar-refractivity contribution is -0.275. The number of benzene rings is 1. The molecule has 0 aromatic heterocycles. The van der Waals surface area contributed by atoms with Crippen molar-refractivity contribution >= 4 is 0 Å². The molecule has 0 saturated carbocycles. The molecule has 124 valence electrons. The summed E-state index contributed by atoms with van der Waals surface area (Å²) in [6.07, 6.45) is -3.77. The third-order valence-electron chi connectivity index (χ3n) is 4.19. The van der Waals surface area contributed by atoms with Gasteiger partial charge in [0.15, 0.2) is 0 Å². The minimum atomic E-state index is -4.67. The standard InChI is InChI=1S/C16H23F3N2O/c1-3-12(2)15(21-10-8-20-9-11-21)13-6-4-5-7-14(13)22-16(17,18)19/h4-7,12,15,20H,3,8-11H2,1-2H3/t12?,15-/m0/s1. The largest absolute Gasteiger partial charge is 0.573 e. The van der Waals surface area contributed by atoms with E-state index in [1.807, 2.05) is 0 Å². The van der Waals surface area contributed by atoms with Gasteiger partial charge in [-0.25, -0.2) is 0 Å². The highest BCUT2D eigenvalue weighted by Crippen LogP contribution is 2.38. The summed E-state index contributed by atoms with van der Waals surface area (Å²) in [6, 6.07) is 6.44. The Morgan fingerprint density at radius 1 is 1.23 bits per heavy atom. The second-order valence-electron chi connectivity index (χ2n) is 5.70. The van der Waals surface area contributed by atoms with E-state index in [1.165, 1.54) is 6.07 Å². The van der Waals surface area contributed by atoms with Crippen molar-refractivity contribution in [3.63, 3.8) is 0 Å². The lowest BCUT2D eigenvalue weighted by atomic mass is 9.90. The molecule has 0 radical (unpaired) electrons. The number of nitrogens with one attached hydrogen (secondary N) is 1. The first kappa shape index (κ1) is 17.1. The maximum Gasteiger partial charge on any atom is 0.573 e. The Labute approximate surface area is 129 Å². The predicted octanol–water partition coefficient (Wildman–Crippen LogP) is 3.58. The number of nitrogens with zero attached hydrogens (tertiary/aromatic N) is 1. The predicted molar refractivity (Wildman–Crippen MR) is 79.8 cm³/mol. The second-order valence-corrected chi connectivity index (χ2v) is 5.70. The minimum Gasteiger partial charge on any atom is -0.405 e. The number of hydrogen-bond acceptors (Lipinski definition) is 3. The zero-order valence-electron chi connectivity index (χ0n) is 13.0. The maximum absolute atomic E-state index is 12.7. The highest BCUT2D eigenvalue weighted by molar-refractivity contribution is 5.36. The van der Waals surface area contributed by atoms with Crippen LogP contribution in [-0.4, -0.2) is 37.4 Å². The number of rotatable bonds is 5. The van der Waals surface area contributed by atoms with Gasteiger partial charge in [0.25, 0.3) is 0 Å². The quantitative estimate of drug-likeness (QED) is 0.898. The molecule has 1 aromatic carbocycles. The zero-order chi connectivity index (χ0) is 16.2. The Morgan fingerprint density at radius 2 is 1.86 bits per heavy atom. The minimum absolute atomic E-state index is 0.0642. The third kappa shape index (κ3) is 4.36. The summed E-state index contributed by atoms with van der Waals surface area (Å²) >= 11 is 0. The van der Waals surface area contributed by atoms with Gasteiger partial charge in [0.1, 0.15) is 5.75 Å². The van der Waals surface area contributed by atoms with E-state index < -0.39 is 6.36 Å². The van der Waals surface area contributed by atoms with Crippen LogP contribution >= 0.6 is 0 Å². The van der Waals surface area contributed by atoms with Crippen LogP contribution in [0, 0.1) is 5.92 Å². The molecule has 0 amide bonds. The molecule has 1 aliphatic heterocycles. The molecule has 6 heteroatoms. The molecule has 1 saturated heterocycles. The van der Waals surface area contributed by atoms with Gasteiger partial charge in [-0.3, -0.25) is 4.90 Å². The van der Waals surface area contributed by atoms with Crippen molar-refractivity contribution in [2.45, 2.75) is 32.7 Å². The molecular weight excluding hydrogens is 293 g/mol. The SMILES string of the molecule is CCC(C)[C@@H](c1ccccc1OC(F)(F)F)N1CCNCC1.